The van der Waals surface area contributed by atoms with Gasteiger partial charge in [-0.1, -0.05) is 40.5 Å². The topological polar surface area (TPSA) is 21.3 Å². The van der Waals surface area contributed by atoms with Crippen LogP contribution in [0.1, 0.15) is 24.1 Å². The van der Waals surface area contributed by atoms with Crippen LogP contribution in [-0.4, -0.2) is 13.7 Å². The maximum Gasteiger partial charge on any atom is 0.123 e. The standard InChI is InChI=1S/C16H16BrClFNO/c1-3-20-16(13-8-10(19)4-7-14(13)17)12-6-5-11(21-2)9-15(12)18/h4-9,16,20H,3H2,1-2H3. The van der Waals surface area contributed by atoms with Gasteiger partial charge in [-0.2, -0.15) is 0 Å². The van der Waals surface area contributed by atoms with E-state index in [-0.39, 0.29) is 11.9 Å². The fourth-order valence-electron chi connectivity index (χ4n) is 2.20. The molecule has 0 aliphatic rings. The van der Waals surface area contributed by atoms with Gasteiger partial charge in [0.1, 0.15) is 11.6 Å². The second-order valence-corrected chi connectivity index (χ2v) is 5.81. The summed E-state index contributed by atoms with van der Waals surface area (Å²) >= 11 is 9.83. The van der Waals surface area contributed by atoms with Crippen molar-refractivity contribution in [2.75, 3.05) is 13.7 Å². The molecule has 0 heterocycles. The SMILES string of the molecule is CCNC(c1ccc(OC)cc1Cl)c1cc(F)ccc1Br. The molecule has 0 aliphatic heterocycles. The molecule has 0 spiro atoms. The molecule has 112 valence electrons. The summed E-state index contributed by atoms with van der Waals surface area (Å²) < 4.78 is 19.6. The predicted octanol–water partition coefficient (Wildman–Crippen LogP) is 4.95. The van der Waals surface area contributed by atoms with E-state index in [0.29, 0.717) is 10.8 Å². The van der Waals surface area contributed by atoms with E-state index >= 15 is 0 Å². The van der Waals surface area contributed by atoms with Gasteiger partial charge in [0.2, 0.25) is 0 Å². The Kier molecular flexibility index (Phi) is 5.62. The molecule has 0 saturated carbocycles. The number of hydrogen-bond donors (Lipinski definition) is 1. The van der Waals surface area contributed by atoms with Crippen LogP contribution in [0.5, 0.6) is 5.75 Å². The molecule has 1 N–H and O–H groups in total. The normalized spacial score (nSPS) is 12.2. The van der Waals surface area contributed by atoms with E-state index in [9.17, 15) is 4.39 Å². The van der Waals surface area contributed by atoms with Gasteiger partial charge in [0.15, 0.2) is 0 Å². The summed E-state index contributed by atoms with van der Waals surface area (Å²) in [7, 11) is 1.59. The number of nitrogens with one attached hydrogen (secondary N) is 1. The largest absolute Gasteiger partial charge is 0.497 e. The average Bonchev–Trinajstić information content (AvgIpc) is 2.48. The Bertz CT molecular complexity index is 636. The molecule has 2 nitrogen and oxygen atoms in total. The van der Waals surface area contributed by atoms with Crippen molar-refractivity contribution in [3.63, 3.8) is 0 Å². The van der Waals surface area contributed by atoms with E-state index in [2.05, 4.69) is 21.2 Å². The smallest absolute Gasteiger partial charge is 0.123 e. The summed E-state index contributed by atoms with van der Waals surface area (Å²) in [5.74, 6) is 0.415. The van der Waals surface area contributed by atoms with E-state index in [1.807, 2.05) is 19.1 Å². The van der Waals surface area contributed by atoms with E-state index in [1.165, 1.54) is 12.1 Å². The third-order valence-electron chi connectivity index (χ3n) is 3.20. The lowest BCUT2D eigenvalue weighted by Gasteiger charge is -2.22. The van der Waals surface area contributed by atoms with Gasteiger partial charge in [-0.3, -0.25) is 0 Å². The fourth-order valence-corrected chi connectivity index (χ4v) is 2.95. The first-order valence-electron chi connectivity index (χ1n) is 6.58. The van der Waals surface area contributed by atoms with Crippen LogP contribution in [0.15, 0.2) is 40.9 Å². The Balaban J connectivity index is 2.50. The van der Waals surface area contributed by atoms with E-state index < -0.39 is 0 Å². The third kappa shape index (κ3) is 3.76. The lowest BCUT2D eigenvalue weighted by Crippen LogP contribution is -2.23. The highest BCUT2D eigenvalue weighted by molar-refractivity contribution is 9.10. The zero-order chi connectivity index (χ0) is 15.4. The van der Waals surface area contributed by atoms with E-state index in [0.717, 1.165) is 22.1 Å². The minimum Gasteiger partial charge on any atom is -0.497 e. The Morgan fingerprint density at radius 3 is 2.62 bits per heavy atom. The van der Waals surface area contributed by atoms with Crippen molar-refractivity contribution < 1.29 is 9.13 Å². The summed E-state index contributed by atoms with van der Waals surface area (Å²) in [4.78, 5) is 0. The van der Waals surface area contributed by atoms with Crippen LogP contribution in [-0.2, 0) is 0 Å². The summed E-state index contributed by atoms with van der Waals surface area (Å²) in [6.45, 7) is 2.73. The van der Waals surface area contributed by atoms with Gasteiger partial charge in [-0.05, 0) is 48.0 Å². The first kappa shape index (κ1) is 16.3. The van der Waals surface area contributed by atoms with Gasteiger partial charge in [0.05, 0.1) is 13.2 Å². The molecular weight excluding hydrogens is 357 g/mol. The first-order valence-corrected chi connectivity index (χ1v) is 7.75. The van der Waals surface area contributed by atoms with Crippen molar-refractivity contribution in [2.24, 2.45) is 0 Å². The Morgan fingerprint density at radius 2 is 2.00 bits per heavy atom. The van der Waals surface area contributed by atoms with Crippen LogP contribution in [0.2, 0.25) is 5.02 Å². The number of benzene rings is 2. The molecule has 0 radical (unpaired) electrons. The number of methoxy groups -OCH3 is 1. The summed E-state index contributed by atoms with van der Waals surface area (Å²) in [5.41, 5.74) is 1.69. The predicted molar refractivity (Wildman–Crippen MR) is 87.6 cm³/mol. The molecule has 2 rings (SSSR count). The van der Waals surface area contributed by atoms with Gasteiger partial charge in [0.25, 0.3) is 0 Å². The number of ether oxygens (including phenoxy) is 1. The zero-order valence-electron chi connectivity index (χ0n) is 11.8. The van der Waals surface area contributed by atoms with Gasteiger partial charge in [-0.15, -0.1) is 0 Å². The minimum absolute atomic E-state index is 0.196. The molecule has 1 atom stereocenters. The zero-order valence-corrected chi connectivity index (χ0v) is 14.1. The van der Waals surface area contributed by atoms with Gasteiger partial charge in [-0.25, -0.2) is 4.39 Å². The molecule has 0 aromatic heterocycles. The maximum atomic E-state index is 13.6. The van der Waals surface area contributed by atoms with Crippen molar-refractivity contribution in [1.82, 2.24) is 5.32 Å². The molecule has 0 amide bonds. The van der Waals surface area contributed by atoms with Crippen molar-refractivity contribution >= 4 is 27.5 Å². The van der Waals surface area contributed by atoms with Gasteiger partial charge in [0, 0.05) is 9.50 Å². The molecule has 0 fully saturated rings. The van der Waals surface area contributed by atoms with Crippen molar-refractivity contribution in [1.29, 1.82) is 0 Å². The molecule has 21 heavy (non-hydrogen) atoms. The van der Waals surface area contributed by atoms with Crippen LogP contribution in [0.25, 0.3) is 0 Å². The molecular formula is C16H16BrClFNO. The van der Waals surface area contributed by atoms with Crippen LogP contribution in [0, 0.1) is 5.82 Å². The highest BCUT2D eigenvalue weighted by Gasteiger charge is 2.19. The summed E-state index contributed by atoms with van der Waals surface area (Å²) in [6.07, 6.45) is 0. The van der Waals surface area contributed by atoms with Crippen LogP contribution < -0.4 is 10.1 Å². The average molecular weight is 373 g/mol. The molecule has 0 aliphatic carbocycles. The number of halogens is 3. The van der Waals surface area contributed by atoms with Crippen LogP contribution >= 0.6 is 27.5 Å². The Morgan fingerprint density at radius 1 is 1.24 bits per heavy atom. The van der Waals surface area contributed by atoms with Crippen molar-refractivity contribution in [3.8, 4) is 5.75 Å². The first-order chi connectivity index (χ1) is 10.1. The van der Waals surface area contributed by atoms with Crippen molar-refractivity contribution in [3.05, 3.63) is 62.8 Å². The molecule has 0 saturated heterocycles. The van der Waals surface area contributed by atoms with Gasteiger partial charge >= 0.3 is 0 Å². The lowest BCUT2D eigenvalue weighted by atomic mass is 9.98. The Labute approximate surface area is 137 Å². The maximum absolute atomic E-state index is 13.6. The molecule has 2 aromatic rings. The molecule has 0 bridgehead atoms. The quantitative estimate of drug-likeness (QED) is 0.802. The monoisotopic (exact) mass is 371 g/mol. The fraction of sp³-hybridized carbons (Fsp3) is 0.250. The van der Waals surface area contributed by atoms with Crippen molar-refractivity contribution in [2.45, 2.75) is 13.0 Å². The minimum atomic E-state index is -0.277. The van der Waals surface area contributed by atoms with E-state index in [4.69, 9.17) is 16.3 Å². The van der Waals surface area contributed by atoms with Gasteiger partial charge < -0.3 is 10.1 Å². The number of rotatable bonds is 5. The van der Waals surface area contributed by atoms with Crippen LogP contribution in [0.3, 0.4) is 0 Å². The summed E-state index contributed by atoms with van der Waals surface area (Å²) in [5, 5.41) is 3.92. The second kappa shape index (κ2) is 7.25. The summed E-state index contributed by atoms with van der Waals surface area (Å²) in [6, 6.07) is 9.94. The molecule has 2 aromatic carbocycles. The highest BCUT2D eigenvalue weighted by Crippen LogP contribution is 2.34. The second-order valence-electron chi connectivity index (χ2n) is 4.54. The van der Waals surface area contributed by atoms with Crippen LogP contribution in [0.4, 0.5) is 4.39 Å². The number of hydrogen-bond acceptors (Lipinski definition) is 2. The Hall–Kier alpha value is -1.10. The third-order valence-corrected chi connectivity index (χ3v) is 4.25. The molecule has 1 unspecified atom stereocenters. The lowest BCUT2D eigenvalue weighted by molar-refractivity contribution is 0.414. The van der Waals surface area contributed by atoms with E-state index in [1.54, 1.807) is 19.2 Å². The molecule has 5 heteroatoms. The highest BCUT2D eigenvalue weighted by atomic mass is 79.9.